The monoisotopic (exact) mass is 484 g/mol. The van der Waals surface area contributed by atoms with Crippen molar-refractivity contribution in [2.75, 3.05) is 13.2 Å². The van der Waals surface area contributed by atoms with Crippen molar-refractivity contribution in [3.8, 4) is 0 Å². The predicted octanol–water partition coefficient (Wildman–Crippen LogP) is 0.715. The lowest BCUT2D eigenvalue weighted by Gasteiger charge is -2.08. The van der Waals surface area contributed by atoms with Crippen LogP contribution in [0.1, 0.15) is 59.7 Å². The minimum Gasteiger partial charge on any atom is -0.481 e. The Morgan fingerprint density at radius 3 is 1.56 bits per heavy atom. The molecule has 0 amide bonds. The minimum atomic E-state index is -1.25. The van der Waals surface area contributed by atoms with E-state index >= 15 is 0 Å². The zero-order valence-corrected chi connectivity index (χ0v) is 18.2. The molecule has 0 unspecified atom stereocenters. The van der Waals surface area contributed by atoms with Gasteiger partial charge in [-0.3, -0.25) is 24.0 Å². The van der Waals surface area contributed by atoms with Crippen LogP contribution in [0.15, 0.2) is 24.3 Å². The molecule has 1 aromatic carbocycles. The van der Waals surface area contributed by atoms with Gasteiger partial charge in [-0.25, -0.2) is 9.59 Å². The molecule has 0 aliphatic rings. The van der Waals surface area contributed by atoms with Crippen molar-refractivity contribution in [2.24, 2.45) is 0 Å². The Morgan fingerprint density at radius 2 is 1.15 bits per heavy atom. The number of carbonyl (C=O) groups is 7. The number of ether oxygens (including phenoxy) is 3. The number of esters is 5. The summed E-state index contributed by atoms with van der Waals surface area (Å²) in [6.45, 7) is 0.917. The van der Waals surface area contributed by atoms with Crippen LogP contribution < -0.4 is 0 Å². The van der Waals surface area contributed by atoms with Gasteiger partial charge in [0.2, 0.25) is 0 Å². The average Bonchev–Trinajstić information content (AvgIpc) is 2.76. The first kappa shape index (κ1) is 29.9. The molecule has 0 aromatic heterocycles. The van der Waals surface area contributed by atoms with Gasteiger partial charge in [0.05, 0.1) is 43.4 Å². The fraction of sp³-hybridized carbons (Fsp3) is 0.381. The molecule has 0 bridgehead atoms. The Kier molecular flexibility index (Phi) is 14.5. The summed E-state index contributed by atoms with van der Waals surface area (Å²) in [4.78, 5) is 78.4. The fourth-order valence-corrected chi connectivity index (χ4v) is 1.99. The number of hydrogen-bond donors (Lipinski definition) is 3. The molecular weight excluding hydrogens is 460 g/mol. The van der Waals surface area contributed by atoms with Crippen LogP contribution in [0.5, 0.6) is 0 Å². The van der Waals surface area contributed by atoms with Gasteiger partial charge in [0.25, 0.3) is 5.97 Å². The van der Waals surface area contributed by atoms with Crippen molar-refractivity contribution in [2.45, 2.75) is 39.0 Å². The van der Waals surface area contributed by atoms with E-state index in [1.54, 1.807) is 0 Å². The van der Waals surface area contributed by atoms with Crippen LogP contribution >= 0.6 is 0 Å². The lowest BCUT2D eigenvalue weighted by Crippen LogP contribution is -2.20. The standard InChI is InChI=1S/C19H20O11.C2H4O2/c20-10-3-11-28-15(23)8-9-17(25)30-19(27)13-5-2-1-4-12(13)18(26)29-16(24)7-6-14(21)22;1-2(3)4/h1-2,4-5,20H,3,6-11H2,(H,21,22);1H3,(H,3,4). The summed E-state index contributed by atoms with van der Waals surface area (Å²) in [5, 5.41) is 24.5. The van der Waals surface area contributed by atoms with Gasteiger partial charge in [0, 0.05) is 20.0 Å². The highest BCUT2D eigenvalue weighted by molar-refractivity contribution is 6.08. The molecule has 0 atom stereocenters. The Bertz CT molecular complexity index is 900. The van der Waals surface area contributed by atoms with Crippen LogP contribution in [-0.2, 0) is 38.2 Å². The van der Waals surface area contributed by atoms with Gasteiger partial charge in [0.1, 0.15) is 0 Å². The highest BCUT2D eigenvalue weighted by Gasteiger charge is 2.23. The first-order valence-electron chi connectivity index (χ1n) is 9.74. The third kappa shape index (κ3) is 14.0. The summed E-state index contributed by atoms with van der Waals surface area (Å²) < 4.78 is 13.8. The van der Waals surface area contributed by atoms with Gasteiger partial charge < -0.3 is 29.5 Å². The number of hydrogen-bond acceptors (Lipinski definition) is 11. The molecule has 13 heteroatoms. The van der Waals surface area contributed by atoms with Crippen molar-refractivity contribution >= 4 is 41.8 Å². The first-order chi connectivity index (χ1) is 16.0. The molecule has 0 aliphatic heterocycles. The maximum absolute atomic E-state index is 12.2. The van der Waals surface area contributed by atoms with Crippen molar-refractivity contribution in [3.05, 3.63) is 35.4 Å². The van der Waals surface area contributed by atoms with E-state index in [9.17, 15) is 28.8 Å². The van der Waals surface area contributed by atoms with Crippen LogP contribution in [0, 0.1) is 0 Å². The van der Waals surface area contributed by atoms with E-state index in [2.05, 4.69) is 9.47 Å². The summed E-state index contributed by atoms with van der Waals surface area (Å²) in [7, 11) is 0. The van der Waals surface area contributed by atoms with Crippen LogP contribution in [0.25, 0.3) is 0 Å². The van der Waals surface area contributed by atoms with Crippen molar-refractivity contribution in [3.63, 3.8) is 0 Å². The lowest BCUT2D eigenvalue weighted by molar-refractivity contribution is -0.148. The smallest absolute Gasteiger partial charge is 0.346 e. The summed E-state index contributed by atoms with van der Waals surface area (Å²) in [6, 6.07) is 5.07. The van der Waals surface area contributed by atoms with Gasteiger partial charge in [-0.2, -0.15) is 0 Å². The molecule has 1 rings (SSSR count). The number of carboxylic acids is 2. The molecule has 0 heterocycles. The van der Waals surface area contributed by atoms with Crippen LogP contribution in [0.3, 0.4) is 0 Å². The van der Waals surface area contributed by atoms with E-state index in [1.165, 1.54) is 12.1 Å². The summed E-state index contributed by atoms with van der Waals surface area (Å²) in [5.41, 5.74) is -0.713. The van der Waals surface area contributed by atoms with E-state index in [1.807, 2.05) is 0 Å². The second-order valence-corrected chi connectivity index (χ2v) is 6.28. The molecule has 3 N–H and O–H groups in total. The summed E-state index contributed by atoms with van der Waals surface area (Å²) >= 11 is 0. The number of aliphatic hydroxyl groups excluding tert-OH is 1. The summed E-state index contributed by atoms with van der Waals surface area (Å²) in [5.74, 6) is -7.34. The third-order valence-corrected chi connectivity index (χ3v) is 3.42. The van der Waals surface area contributed by atoms with E-state index < -0.39 is 61.0 Å². The maximum atomic E-state index is 12.2. The molecule has 186 valence electrons. The maximum Gasteiger partial charge on any atom is 0.346 e. The molecule has 0 saturated heterocycles. The molecule has 0 spiro atoms. The normalized spacial score (nSPS) is 9.59. The van der Waals surface area contributed by atoms with Gasteiger partial charge in [-0.1, -0.05) is 12.1 Å². The molecule has 0 radical (unpaired) electrons. The molecule has 1 aromatic rings. The van der Waals surface area contributed by atoms with Gasteiger partial charge >= 0.3 is 35.8 Å². The number of carboxylic acid groups (broad SMARTS) is 2. The highest BCUT2D eigenvalue weighted by atomic mass is 16.6. The highest BCUT2D eigenvalue weighted by Crippen LogP contribution is 2.13. The Hall–Kier alpha value is -4.13. The van der Waals surface area contributed by atoms with E-state index in [0.29, 0.717) is 0 Å². The molecule has 0 aliphatic carbocycles. The van der Waals surface area contributed by atoms with E-state index in [-0.39, 0.29) is 37.2 Å². The van der Waals surface area contributed by atoms with E-state index in [0.717, 1.165) is 19.1 Å². The molecule has 13 nitrogen and oxygen atoms in total. The number of aliphatic carboxylic acids is 2. The largest absolute Gasteiger partial charge is 0.481 e. The van der Waals surface area contributed by atoms with Crippen molar-refractivity contribution in [1.82, 2.24) is 0 Å². The SMILES string of the molecule is CC(=O)O.O=C(O)CCC(=O)OC(=O)c1ccccc1C(=O)OC(=O)CCC(=O)OCCCO. The molecule has 0 fully saturated rings. The second kappa shape index (κ2) is 16.5. The minimum absolute atomic E-state index is 0.00994. The van der Waals surface area contributed by atoms with Crippen molar-refractivity contribution < 1.29 is 63.1 Å². The average molecular weight is 484 g/mol. The predicted molar refractivity (Wildman–Crippen MR) is 109 cm³/mol. The van der Waals surface area contributed by atoms with Crippen LogP contribution in [-0.4, -0.2) is 70.3 Å². The fourth-order valence-electron chi connectivity index (χ4n) is 1.99. The first-order valence-corrected chi connectivity index (χ1v) is 9.74. The molecule has 34 heavy (non-hydrogen) atoms. The van der Waals surface area contributed by atoms with Gasteiger partial charge in [-0.05, 0) is 12.1 Å². The van der Waals surface area contributed by atoms with Gasteiger partial charge in [-0.15, -0.1) is 0 Å². The van der Waals surface area contributed by atoms with Crippen LogP contribution in [0.2, 0.25) is 0 Å². The number of rotatable bonds is 11. The summed E-state index contributed by atoms with van der Waals surface area (Å²) in [6.07, 6.45) is -1.63. The lowest BCUT2D eigenvalue weighted by atomic mass is 10.1. The third-order valence-electron chi connectivity index (χ3n) is 3.42. The topological polar surface area (TPSA) is 208 Å². The Labute approximate surface area is 193 Å². The van der Waals surface area contributed by atoms with Gasteiger partial charge in [0.15, 0.2) is 0 Å². The molecular formula is C21H24O13. The van der Waals surface area contributed by atoms with E-state index in [4.69, 9.17) is 24.9 Å². The number of benzene rings is 1. The molecule has 0 saturated carbocycles. The van der Waals surface area contributed by atoms with Crippen molar-refractivity contribution in [1.29, 1.82) is 0 Å². The Balaban J connectivity index is 0.00000251. The quantitative estimate of drug-likeness (QED) is 0.171. The van der Waals surface area contributed by atoms with Crippen LogP contribution in [0.4, 0.5) is 0 Å². The zero-order chi connectivity index (χ0) is 26.1. The zero-order valence-electron chi connectivity index (χ0n) is 18.2. The Morgan fingerprint density at radius 1 is 0.735 bits per heavy atom. The number of aliphatic hydroxyl groups is 1. The number of carbonyl (C=O) groups excluding carboxylic acids is 5. The second-order valence-electron chi connectivity index (χ2n) is 6.28.